The number of hydrogen-bond donors (Lipinski definition) is 1. The second-order valence-corrected chi connectivity index (χ2v) is 7.38. The van der Waals surface area contributed by atoms with Gasteiger partial charge in [-0.3, -0.25) is 10.1 Å². The maximum absolute atomic E-state index is 12.6. The molecule has 1 amide bonds. The zero-order valence-electron chi connectivity index (χ0n) is 12.7. The lowest BCUT2D eigenvalue weighted by Crippen LogP contribution is -2.40. The largest absolute Gasteiger partial charge is 0.320 e. The molecule has 1 aromatic carbocycles. The van der Waals surface area contributed by atoms with Crippen LogP contribution in [0, 0.1) is 0 Å². The Morgan fingerprint density at radius 2 is 1.95 bits per heavy atom. The van der Waals surface area contributed by atoms with Gasteiger partial charge >= 0.3 is 0 Å². The van der Waals surface area contributed by atoms with E-state index in [0.29, 0.717) is 0 Å². The summed E-state index contributed by atoms with van der Waals surface area (Å²) in [4.78, 5) is 14.6. The fourth-order valence-electron chi connectivity index (χ4n) is 2.53. The molecule has 1 aliphatic rings. The van der Waals surface area contributed by atoms with Crippen LogP contribution >= 0.6 is 11.8 Å². The van der Waals surface area contributed by atoms with E-state index in [1.807, 2.05) is 23.1 Å². The fraction of sp³-hybridized carbons (Fsp3) is 0.562. The number of nitrogens with one attached hydrogen (secondary N) is 1. The first-order valence-corrected chi connectivity index (χ1v) is 8.37. The van der Waals surface area contributed by atoms with E-state index in [-0.39, 0.29) is 22.9 Å². The Labute approximate surface area is 126 Å². The lowest BCUT2D eigenvalue weighted by Gasteiger charge is -2.32. The van der Waals surface area contributed by atoms with Gasteiger partial charge in [-0.2, -0.15) is 11.8 Å². The van der Waals surface area contributed by atoms with Gasteiger partial charge in [-0.15, -0.1) is 0 Å². The van der Waals surface area contributed by atoms with Gasteiger partial charge in [-0.1, -0.05) is 37.3 Å². The van der Waals surface area contributed by atoms with E-state index in [9.17, 15) is 4.79 Å². The summed E-state index contributed by atoms with van der Waals surface area (Å²) in [5.41, 5.74) is 1.16. The molecule has 1 aromatic rings. The van der Waals surface area contributed by atoms with Gasteiger partial charge in [0.25, 0.3) is 0 Å². The van der Waals surface area contributed by atoms with Crippen molar-refractivity contribution in [3.8, 4) is 0 Å². The second-order valence-electron chi connectivity index (χ2n) is 5.87. The van der Waals surface area contributed by atoms with E-state index < -0.39 is 0 Å². The van der Waals surface area contributed by atoms with Gasteiger partial charge in [-0.25, -0.2) is 0 Å². The minimum absolute atomic E-state index is 0.0000694. The molecule has 1 heterocycles. The molecule has 2 rings (SSSR count). The quantitative estimate of drug-likeness (QED) is 0.905. The first-order valence-electron chi connectivity index (χ1n) is 7.15. The van der Waals surface area contributed by atoms with Crippen molar-refractivity contribution in [2.75, 3.05) is 12.8 Å². The topological polar surface area (TPSA) is 32.3 Å². The molecular formula is C16H24N2OS. The first kappa shape index (κ1) is 15.4. The van der Waals surface area contributed by atoms with Gasteiger partial charge in [0.05, 0.1) is 6.04 Å². The summed E-state index contributed by atoms with van der Waals surface area (Å²) in [5.74, 6) is 0.225. The van der Waals surface area contributed by atoms with E-state index in [1.54, 1.807) is 11.8 Å². The molecule has 0 bridgehead atoms. The van der Waals surface area contributed by atoms with Crippen LogP contribution in [0.3, 0.4) is 0 Å². The fourth-order valence-corrected chi connectivity index (χ4v) is 2.80. The zero-order valence-corrected chi connectivity index (χ0v) is 13.5. The average molecular weight is 292 g/mol. The number of thioether (sulfide) groups is 1. The Kier molecular flexibility index (Phi) is 4.76. The Balaban J connectivity index is 2.26. The summed E-state index contributed by atoms with van der Waals surface area (Å²) >= 11 is 1.80. The third-order valence-electron chi connectivity index (χ3n) is 3.88. The summed E-state index contributed by atoms with van der Waals surface area (Å²) < 4.78 is 0.0625. The van der Waals surface area contributed by atoms with E-state index in [0.717, 1.165) is 18.5 Å². The van der Waals surface area contributed by atoms with Crippen molar-refractivity contribution in [3.05, 3.63) is 35.9 Å². The molecule has 0 aromatic heterocycles. The van der Waals surface area contributed by atoms with Gasteiger partial charge in [0.1, 0.15) is 6.17 Å². The minimum atomic E-state index is -0.0575. The lowest BCUT2D eigenvalue weighted by molar-refractivity contribution is -0.130. The van der Waals surface area contributed by atoms with Crippen molar-refractivity contribution in [2.45, 2.75) is 44.1 Å². The summed E-state index contributed by atoms with van der Waals surface area (Å²) in [6.45, 7) is 7.19. The molecule has 0 spiro atoms. The molecule has 0 radical (unpaired) electrons. The zero-order chi connectivity index (χ0) is 14.8. The Morgan fingerprint density at radius 3 is 2.50 bits per heavy atom. The number of nitrogens with zero attached hydrogens (tertiary/aromatic N) is 1. The van der Waals surface area contributed by atoms with E-state index in [1.165, 1.54) is 0 Å². The van der Waals surface area contributed by atoms with Crippen LogP contribution in [0.2, 0.25) is 0 Å². The van der Waals surface area contributed by atoms with Crippen molar-refractivity contribution in [1.29, 1.82) is 0 Å². The Hall–Kier alpha value is -1.00. The monoisotopic (exact) mass is 292 g/mol. The molecule has 3 nitrogen and oxygen atoms in total. The molecule has 1 N–H and O–H groups in total. The highest BCUT2D eigenvalue weighted by Crippen LogP contribution is 2.31. The molecule has 110 valence electrons. The van der Waals surface area contributed by atoms with Crippen molar-refractivity contribution in [1.82, 2.24) is 10.2 Å². The van der Waals surface area contributed by atoms with Gasteiger partial charge in [0.15, 0.2) is 0 Å². The van der Waals surface area contributed by atoms with E-state index >= 15 is 0 Å². The van der Waals surface area contributed by atoms with Crippen LogP contribution in [0.4, 0.5) is 0 Å². The third-order valence-corrected chi connectivity index (χ3v) is 5.11. The van der Waals surface area contributed by atoms with Crippen LogP contribution in [-0.4, -0.2) is 34.4 Å². The van der Waals surface area contributed by atoms with Gasteiger partial charge in [0.2, 0.25) is 5.91 Å². The van der Waals surface area contributed by atoms with E-state index in [2.05, 4.69) is 44.5 Å². The number of rotatable bonds is 5. The normalized spacial score (nSPS) is 23.4. The molecule has 0 saturated carbocycles. The summed E-state index contributed by atoms with van der Waals surface area (Å²) in [5, 5.41) is 3.47. The van der Waals surface area contributed by atoms with Crippen LogP contribution in [0.1, 0.15) is 38.9 Å². The highest BCUT2D eigenvalue weighted by atomic mass is 32.2. The van der Waals surface area contributed by atoms with Crippen LogP contribution in [0.5, 0.6) is 0 Å². The highest BCUT2D eigenvalue weighted by molar-refractivity contribution is 7.99. The van der Waals surface area contributed by atoms with Gasteiger partial charge in [0, 0.05) is 11.3 Å². The molecule has 1 fully saturated rings. The molecular weight excluding hydrogens is 268 g/mol. The van der Waals surface area contributed by atoms with Crippen molar-refractivity contribution < 1.29 is 4.79 Å². The Morgan fingerprint density at radius 1 is 1.30 bits per heavy atom. The van der Waals surface area contributed by atoms with Crippen LogP contribution in [0.15, 0.2) is 30.3 Å². The van der Waals surface area contributed by atoms with E-state index in [4.69, 9.17) is 0 Å². The number of benzene rings is 1. The second kappa shape index (κ2) is 6.19. The van der Waals surface area contributed by atoms with Gasteiger partial charge in [-0.05, 0) is 32.1 Å². The number of carbonyl (C=O) groups is 1. The summed E-state index contributed by atoms with van der Waals surface area (Å²) in [6, 6.07) is 10.2. The van der Waals surface area contributed by atoms with Crippen molar-refractivity contribution >= 4 is 17.7 Å². The SMILES string of the molecule is CCC1NC(c2ccccc2)N(CC(C)(C)SC)C1=O. The smallest absolute Gasteiger partial charge is 0.241 e. The maximum Gasteiger partial charge on any atom is 0.241 e. The standard InChI is InChI=1S/C16H24N2OS/c1-5-13-15(19)18(11-16(2,3)20-4)14(17-13)12-9-7-6-8-10-12/h6-10,13-14,17H,5,11H2,1-4H3. The van der Waals surface area contributed by atoms with Crippen molar-refractivity contribution in [3.63, 3.8) is 0 Å². The molecule has 4 heteroatoms. The average Bonchev–Trinajstić information content (AvgIpc) is 2.76. The first-order chi connectivity index (χ1) is 9.48. The molecule has 0 aliphatic carbocycles. The lowest BCUT2D eigenvalue weighted by atomic mass is 10.1. The molecule has 1 saturated heterocycles. The molecule has 1 aliphatic heterocycles. The molecule has 2 unspecified atom stereocenters. The van der Waals surface area contributed by atoms with Crippen LogP contribution in [-0.2, 0) is 4.79 Å². The molecule has 2 atom stereocenters. The maximum atomic E-state index is 12.6. The predicted molar refractivity (Wildman–Crippen MR) is 85.7 cm³/mol. The number of carbonyl (C=O) groups excluding carboxylic acids is 1. The summed E-state index contributed by atoms with van der Waals surface area (Å²) in [6.07, 6.45) is 2.93. The predicted octanol–water partition coefficient (Wildman–Crippen LogP) is 3.04. The number of amides is 1. The number of hydrogen-bond acceptors (Lipinski definition) is 3. The van der Waals surface area contributed by atoms with Gasteiger partial charge < -0.3 is 4.90 Å². The summed E-state index contributed by atoms with van der Waals surface area (Å²) in [7, 11) is 0. The third kappa shape index (κ3) is 3.18. The van der Waals surface area contributed by atoms with Crippen molar-refractivity contribution in [2.24, 2.45) is 0 Å². The molecule has 20 heavy (non-hydrogen) atoms. The minimum Gasteiger partial charge on any atom is -0.320 e. The van der Waals surface area contributed by atoms with Crippen LogP contribution < -0.4 is 5.32 Å². The Bertz CT molecular complexity index is 461. The highest BCUT2D eigenvalue weighted by Gasteiger charge is 2.40. The van der Waals surface area contributed by atoms with Crippen LogP contribution in [0.25, 0.3) is 0 Å².